The second-order valence-electron chi connectivity index (χ2n) is 4.58. The Bertz CT molecular complexity index is 837. The molecule has 0 fully saturated rings. The Morgan fingerprint density at radius 2 is 1.83 bits per heavy atom. The summed E-state index contributed by atoms with van der Waals surface area (Å²) >= 11 is 12.7. The highest BCUT2D eigenvalue weighted by atomic mass is 35.5. The fourth-order valence-corrected chi connectivity index (χ4v) is 2.53. The lowest BCUT2D eigenvalue weighted by molar-refractivity contribution is -0.113. The molecular formula is C15H10Cl2N4O2S. The molecule has 0 bridgehead atoms. The van der Waals surface area contributed by atoms with Crippen molar-refractivity contribution in [2.45, 2.75) is 5.22 Å². The maximum Gasteiger partial charge on any atom is 0.277 e. The van der Waals surface area contributed by atoms with Crippen LogP contribution >= 0.6 is 35.0 Å². The summed E-state index contributed by atoms with van der Waals surface area (Å²) in [7, 11) is 0. The van der Waals surface area contributed by atoms with Crippen LogP contribution in [0.5, 0.6) is 0 Å². The average molecular weight is 381 g/mol. The smallest absolute Gasteiger partial charge is 0.277 e. The molecule has 0 aliphatic heterocycles. The number of anilines is 1. The number of nitrogens with zero attached hydrogens (tertiary/aromatic N) is 3. The number of amides is 1. The number of carbonyl (C=O) groups excluding carboxylic acids is 1. The van der Waals surface area contributed by atoms with Crippen LogP contribution in [-0.2, 0) is 4.79 Å². The van der Waals surface area contributed by atoms with Crippen molar-refractivity contribution in [1.82, 2.24) is 15.2 Å². The molecular weight excluding hydrogens is 371 g/mol. The van der Waals surface area contributed by atoms with Gasteiger partial charge in [0.05, 0.1) is 10.8 Å². The quantitative estimate of drug-likeness (QED) is 0.668. The average Bonchev–Trinajstić information content (AvgIpc) is 3.05. The number of halogens is 2. The van der Waals surface area contributed by atoms with Crippen molar-refractivity contribution in [3.05, 3.63) is 52.6 Å². The van der Waals surface area contributed by atoms with Gasteiger partial charge >= 0.3 is 0 Å². The molecule has 0 saturated heterocycles. The summed E-state index contributed by atoms with van der Waals surface area (Å²) in [6.45, 7) is 0. The Balaban J connectivity index is 1.56. The Labute approximate surface area is 151 Å². The number of pyridine rings is 1. The standard InChI is InChI=1S/C15H10Cl2N4O2S/c16-10-3-1-9(2-4-10)14-20-21-15(23-14)24-8-13(22)19-12-6-5-11(17)7-18-12/h1-7H,8H2,(H,18,19,22). The van der Waals surface area contributed by atoms with E-state index in [1.54, 1.807) is 36.4 Å². The van der Waals surface area contributed by atoms with Gasteiger partial charge in [-0.2, -0.15) is 0 Å². The third-order valence-electron chi connectivity index (χ3n) is 2.82. The Morgan fingerprint density at radius 1 is 1.08 bits per heavy atom. The number of nitrogens with one attached hydrogen (secondary N) is 1. The second-order valence-corrected chi connectivity index (χ2v) is 6.38. The van der Waals surface area contributed by atoms with Crippen LogP contribution in [0.2, 0.25) is 10.0 Å². The Morgan fingerprint density at radius 3 is 2.54 bits per heavy atom. The van der Waals surface area contributed by atoms with E-state index < -0.39 is 0 Å². The lowest BCUT2D eigenvalue weighted by atomic mass is 10.2. The fourth-order valence-electron chi connectivity index (χ4n) is 1.73. The molecule has 0 atom stereocenters. The molecule has 0 spiro atoms. The van der Waals surface area contributed by atoms with Crippen LogP contribution in [-0.4, -0.2) is 26.8 Å². The SMILES string of the molecule is O=C(CSc1nnc(-c2ccc(Cl)cc2)o1)Nc1ccc(Cl)cn1. The highest BCUT2D eigenvalue weighted by Gasteiger charge is 2.11. The van der Waals surface area contributed by atoms with Crippen LogP contribution < -0.4 is 5.32 Å². The lowest BCUT2D eigenvalue weighted by Crippen LogP contribution is -2.14. The van der Waals surface area contributed by atoms with Crippen LogP contribution in [0.25, 0.3) is 11.5 Å². The van der Waals surface area contributed by atoms with Gasteiger partial charge in [0.2, 0.25) is 11.8 Å². The van der Waals surface area contributed by atoms with Crippen molar-refractivity contribution in [3.63, 3.8) is 0 Å². The number of benzene rings is 1. The third kappa shape index (κ3) is 4.47. The molecule has 0 unspecified atom stereocenters. The van der Waals surface area contributed by atoms with Crippen molar-refractivity contribution in [2.24, 2.45) is 0 Å². The molecule has 3 aromatic rings. The minimum atomic E-state index is -0.235. The molecule has 9 heteroatoms. The summed E-state index contributed by atoms with van der Waals surface area (Å²) in [5, 5.41) is 11.9. The van der Waals surface area contributed by atoms with Crippen LogP contribution in [0.1, 0.15) is 0 Å². The summed E-state index contributed by atoms with van der Waals surface area (Å²) in [4.78, 5) is 15.9. The van der Waals surface area contributed by atoms with Gasteiger partial charge in [-0.05, 0) is 36.4 Å². The van der Waals surface area contributed by atoms with Crippen molar-refractivity contribution in [1.29, 1.82) is 0 Å². The van der Waals surface area contributed by atoms with Crippen molar-refractivity contribution < 1.29 is 9.21 Å². The number of rotatable bonds is 5. The zero-order valence-electron chi connectivity index (χ0n) is 12.1. The molecule has 1 aromatic carbocycles. The van der Waals surface area contributed by atoms with Crippen LogP contribution in [0.15, 0.2) is 52.2 Å². The predicted octanol–water partition coefficient (Wildman–Crippen LogP) is 4.17. The first-order valence-corrected chi connectivity index (χ1v) is 8.48. The first-order valence-electron chi connectivity index (χ1n) is 6.74. The van der Waals surface area contributed by atoms with Crippen LogP contribution in [0, 0.1) is 0 Å². The van der Waals surface area contributed by atoms with Gasteiger partial charge in [0.15, 0.2) is 0 Å². The molecule has 0 aliphatic rings. The van der Waals surface area contributed by atoms with E-state index in [2.05, 4.69) is 20.5 Å². The van der Waals surface area contributed by atoms with Crippen molar-refractivity contribution >= 4 is 46.7 Å². The molecule has 2 aromatic heterocycles. The van der Waals surface area contributed by atoms with E-state index in [0.29, 0.717) is 27.0 Å². The third-order valence-corrected chi connectivity index (χ3v) is 4.11. The highest BCUT2D eigenvalue weighted by Crippen LogP contribution is 2.24. The zero-order valence-corrected chi connectivity index (χ0v) is 14.4. The van der Waals surface area contributed by atoms with E-state index in [1.807, 2.05) is 0 Å². The number of carbonyl (C=O) groups is 1. The molecule has 6 nitrogen and oxygen atoms in total. The largest absolute Gasteiger partial charge is 0.411 e. The number of hydrogen-bond donors (Lipinski definition) is 1. The maximum atomic E-state index is 11.9. The van der Waals surface area contributed by atoms with Gasteiger partial charge in [0, 0.05) is 16.8 Å². The molecule has 0 saturated carbocycles. The summed E-state index contributed by atoms with van der Waals surface area (Å²) in [6.07, 6.45) is 1.46. The van der Waals surface area contributed by atoms with E-state index >= 15 is 0 Å². The topological polar surface area (TPSA) is 80.9 Å². The van der Waals surface area contributed by atoms with E-state index in [-0.39, 0.29) is 11.7 Å². The summed E-state index contributed by atoms with van der Waals surface area (Å²) in [5.41, 5.74) is 0.758. The highest BCUT2D eigenvalue weighted by molar-refractivity contribution is 7.99. The molecule has 24 heavy (non-hydrogen) atoms. The van der Waals surface area contributed by atoms with Crippen molar-refractivity contribution in [2.75, 3.05) is 11.1 Å². The fraction of sp³-hybridized carbons (Fsp3) is 0.0667. The van der Waals surface area contributed by atoms with E-state index in [4.69, 9.17) is 27.6 Å². The van der Waals surface area contributed by atoms with E-state index in [9.17, 15) is 4.79 Å². The molecule has 0 aliphatic carbocycles. The predicted molar refractivity (Wildman–Crippen MR) is 93.3 cm³/mol. The summed E-state index contributed by atoms with van der Waals surface area (Å²) < 4.78 is 5.51. The van der Waals surface area contributed by atoms with Gasteiger partial charge in [-0.1, -0.05) is 35.0 Å². The van der Waals surface area contributed by atoms with Crippen molar-refractivity contribution in [3.8, 4) is 11.5 Å². The molecule has 0 radical (unpaired) electrons. The number of thioether (sulfide) groups is 1. The first-order chi connectivity index (χ1) is 11.6. The Hall–Kier alpha value is -2.09. The van der Waals surface area contributed by atoms with Gasteiger partial charge in [0.1, 0.15) is 5.82 Å². The minimum Gasteiger partial charge on any atom is -0.411 e. The van der Waals surface area contributed by atoms with Crippen LogP contribution in [0.4, 0.5) is 5.82 Å². The maximum absolute atomic E-state index is 11.9. The second kappa shape index (κ2) is 7.65. The molecule has 122 valence electrons. The molecule has 2 heterocycles. The monoisotopic (exact) mass is 380 g/mol. The number of hydrogen-bond acceptors (Lipinski definition) is 6. The van der Waals surface area contributed by atoms with E-state index in [0.717, 1.165) is 17.3 Å². The lowest BCUT2D eigenvalue weighted by Gasteiger charge is -2.02. The van der Waals surface area contributed by atoms with Gasteiger partial charge in [0.25, 0.3) is 5.22 Å². The summed E-state index contributed by atoms with van der Waals surface area (Å²) in [5.74, 6) is 0.680. The van der Waals surface area contributed by atoms with Gasteiger partial charge in [-0.15, -0.1) is 10.2 Å². The molecule has 1 N–H and O–H groups in total. The molecule has 3 rings (SSSR count). The van der Waals surface area contributed by atoms with Gasteiger partial charge in [-0.3, -0.25) is 4.79 Å². The zero-order chi connectivity index (χ0) is 16.9. The first kappa shape index (κ1) is 16.8. The number of aromatic nitrogens is 3. The summed E-state index contributed by atoms with van der Waals surface area (Å²) in [6, 6.07) is 10.3. The minimum absolute atomic E-state index is 0.118. The van der Waals surface area contributed by atoms with E-state index in [1.165, 1.54) is 6.20 Å². The molecule has 1 amide bonds. The Kier molecular flexibility index (Phi) is 5.34. The van der Waals surface area contributed by atoms with Gasteiger partial charge in [-0.25, -0.2) is 4.98 Å². The van der Waals surface area contributed by atoms with Gasteiger partial charge < -0.3 is 9.73 Å². The normalized spacial score (nSPS) is 10.6. The van der Waals surface area contributed by atoms with Crippen LogP contribution in [0.3, 0.4) is 0 Å².